The van der Waals surface area contributed by atoms with Gasteiger partial charge in [-0.2, -0.15) is 11.8 Å². The second-order valence-corrected chi connectivity index (χ2v) is 9.30. The Morgan fingerprint density at radius 2 is 2.11 bits per heavy atom. The molecule has 0 radical (unpaired) electrons. The molecule has 3 atom stereocenters. The Balaban J connectivity index is 1.73. The Kier molecular flexibility index (Phi) is 4.94. The van der Waals surface area contributed by atoms with Crippen LogP contribution >= 0.6 is 39.0 Å². The average Bonchev–Trinajstić information content (AvgIpc) is 2.81. The lowest BCUT2D eigenvalue weighted by atomic mass is 9.90. The van der Waals surface area contributed by atoms with Crippen molar-refractivity contribution in [3.63, 3.8) is 0 Å². The summed E-state index contributed by atoms with van der Waals surface area (Å²) in [6, 6.07) is 3.68. The molecule has 4 heteroatoms. The fraction of sp³-hybridized carbons (Fsp3) is 0.733. The maximum absolute atomic E-state index is 3.99. The van der Waals surface area contributed by atoms with E-state index in [0.717, 1.165) is 11.3 Å². The summed E-state index contributed by atoms with van der Waals surface area (Å²) in [5.41, 5.74) is 1.58. The Hall–Kier alpha value is 0.490. The zero-order valence-corrected chi connectivity index (χ0v) is 14.7. The molecule has 2 aliphatic rings. The molecule has 2 aliphatic carbocycles. The van der Waals surface area contributed by atoms with E-state index < -0.39 is 0 Å². The molecule has 1 heterocycles. The van der Waals surface area contributed by atoms with Crippen LogP contribution in [0, 0.1) is 0 Å². The van der Waals surface area contributed by atoms with Gasteiger partial charge in [-0.1, -0.05) is 12.8 Å². The standard InChI is InChI=1S/C15H22BrNS2/c1-18-14-7-3-2-5-12(14)17-11-6-4-8-13-10(11)9-15(16)19-13/h9,11-12,14,17H,2-8H2,1H3. The molecule has 1 fully saturated rings. The van der Waals surface area contributed by atoms with Gasteiger partial charge in [-0.05, 0) is 65.9 Å². The van der Waals surface area contributed by atoms with E-state index in [2.05, 4.69) is 45.3 Å². The normalized spacial score (nSPS) is 31.2. The second-order valence-electron chi connectivity index (χ2n) is 5.71. The summed E-state index contributed by atoms with van der Waals surface area (Å²) < 4.78 is 1.30. The predicted octanol–water partition coefficient (Wildman–Crippen LogP) is 5.15. The number of thioether (sulfide) groups is 1. The number of rotatable bonds is 3. The third kappa shape index (κ3) is 3.22. The summed E-state index contributed by atoms with van der Waals surface area (Å²) >= 11 is 7.65. The van der Waals surface area contributed by atoms with Crippen molar-refractivity contribution in [1.82, 2.24) is 5.32 Å². The van der Waals surface area contributed by atoms with Crippen LogP contribution in [0.15, 0.2) is 9.85 Å². The highest BCUT2D eigenvalue weighted by Gasteiger charge is 2.29. The van der Waals surface area contributed by atoms with Crippen LogP contribution in [0.3, 0.4) is 0 Å². The SMILES string of the molecule is CSC1CCCCC1NC1CCCc2sc(Br)cc21. The molecule has 0 saturated heterocycles. The lowest BCUT2D eigenvalue weighted by Crippen LogP contribution is -2.43. The van der Waals surface area contributed by atoms with Crippen molar-refractivity contribution >= 4 is 39.0 Å². The third-order valence-corrected chi connectivity index (χ3v) is 7.39. The summed E-state index contributed by atoms with van der Waals surface area (Å²) in [6.07, 6.45) is 11.8. The first-order valence-corrected chi connectivity index (χ1v) is 10.2. The lowest BCUT2D eigenvalue weighted by Gasteiger charge is -2.35. The van der Waals surface area contributed by atoms with Crippen LogP contribution in [0.2, 0.25) is 0 Å². The number of hydrogen-bond donors (Lipinski definition) is 1. The first kappa shape index (κ1) is 14.4. The van der Waals surface area contributed by atoms with Crippen LogP contribution in [0.5, 0.6) is 0 Å². The largest absolute Gasteiger partial charge is 0.306 e. The fourth-order valence-electron chi connectivity index (χ4n) is 3.52. The molecule has 106 valence electrons. The van der Waals surface area contributed by atoms with E-state index in [9.17, 15) is 0 Å². The van der Waals surface area contributed by atoms with Crippen LogP contribution in [-0.2, 0) is 6.42 Å². The van der Waals surface area contributed by atoms with Gasteiger partial charge in [0.1, 0.15) is 0 Å². The van der Waals surface area contributed by atoms with Gasteiger partial charge in [0, 0.05) is 22.2 Å². The highest BCUT2D eigenvalue weighted by atomic mass is 79.9. The minimum absolute atomic E-state index is 0.601. The van der Waals surface area contributed by atoms with Gasteiger partial charge in [0.2, 0.25) is 0 Å². The molecule has 3 rings (SSSR count). The van der Waals surface area contributed by atoms with Gasteiger partial charge in [0.05, 0.1) is 3.79 Å². The van der Waals surface area contributed by atoms with Gasteiger partial charge in [0.25, 0.3) is 0 Å². The van der Waals surface area contributed by atoms with Crippen molar-refractivity contribution in [1.29, 1.82) is 0 Å². The minimum Gasteiger partial charge on any atom is -0.306 e. The number of nitrogens with one attached hydrogen (secondary N) is 1. The van der Waals surface area contributed by atoms with Gasteiger partial charge in [0.15, 0.2) is 0 Å². The van der Waals surface area contributed by atoms with Crippen molar-refractivity contribution in [2.45, 2.75) is 62.3 Å². The van der Waals surface area contributed by atoms with Crippen molar-refractivity contribution < 1.29 is 0 Å². The molecule has 0 aromatic carbocycles. The molecule has 19 heavy (non-hydrogen) atoms. The Labute approximate surface area is 133 Å². The summed E-state index contributed by atoms with van der Waals surface area (Å²) in [5, 5.41) is 4.81. The number of aryl methyl sites for hydroxylation is 1. The second kappa shape index (κ2) is 6.50. The molecule has 1 aromatic heterocycles. The molecule has 0 aliphatic heterocycles. The molecule has 1 nitrogen and oxygen atoms in total. The van der Waals surface area contributed by atoms with E-state index in [-0.39, 0.29) is 0 Å². The Bertz CT molecular complexity index is 432. The number of halogens is 1. The molecule has 1 saturated carbocycles. The van der Waals surface area contributed by atoms with Crippen LogP contribution in [0.25, 0.3) is 0 Å². The molecule has 1 aromatic rings. The predicted molar refractivity (Wildman–Crippen MR) is 90.4 cm³/mol. The van der Waals surface area contributed by atoms with Gasteiger partial charge in [-0.3, -0.25) is 0 Å². The first-order valence-electron chi connectivity index (χ1n) is 7.35. The maximum atomic E-state index is 3.99. The van der Waals surface area contributed by atoms with E-state index in [1.54, 1.807) is 10.4 Å². The lowest BCUT2D eigenvalue weighted by molar-refractivity contribution is 0.330. The topological polar surface area (TPSA) is 12.0 Å². The summed E-state index contributed by atoms with van der Waals surface area (Å²) in [4.78, 5) is 1.60. The average molecular weight is 360 g/mol. The minimum atomic E-state index is 0.601. The van der Waals surface area contributed by atoms with Crippen molar-refractivity contribution in [3.8, 4) is 0 Å². The van der Waals surface area contributed by atoms with E-state index >= 15 is 0 Å². The summed E-state index contributed by atoms with van der Waals surface area (Å²) in [6.45, 7) is 0. The maximum Gasteiger partial charge on any atom is 0.0704 e. The highest BCUT2D eigenvalue weighted by molar-refractivity contribution is 9.11. The van der Waals surface area contributed by atoms with Gasteiger partial charge in [-0.25, -0.2) is 0 Å². The number of fused-ring (bicyclic) bond motifs is 1. The molecular formula is C15H22BrNS2. The smallest absolute Gasteiger partial charge is 0.0704 e. The van der Waals surface area contributed by atoms with Crippen LogP contribution in [-0.4, -0.2) is 17.5 Å². The van der Waals surface area contributed by atoms with E-state index in [4.69, 9.17) is 0 Å². The van der Waals surface area contributed by atoms with Crippen molar-refractivity contribution in [2.75, 3.05) is 6.26 Å². The summed E-state index contributed by atoms with van der Waals surface area (Å²) in [7, 11) is 0. The zero-order chi connectivity index (χ0) is 13.2. The third-order valence-electron chi connectivity index (χ3n) is 4.50. The van der Waals surface area contributed by atoms with Crippen LogP contribution < -0.4 is 5.32 Å². The molecule has 0 bridgehead atoms. The van der Waals surface area contributed by atoms with Crippen LogP contribution in [0.1, 0.15) is 55.0 Å². The number of thiophene rings is 1. The monoisotopic (exact) mass is 359 g/mol. The highest BCUT2D eigenvalue weighted by Crippen LogP contribution is 2.39. The zero-order valence-electron chi connectivity index (χ0n) is 11.5. The Morgan fingerprint density at radius 1 is 1.26 bits per heavy atom. The fourth-order valence-corrected chi connectivity index (χ4v) is 6.29. The molecule has 0 amide bonds. The van der Waals surface area contributed by atoms with Gasteiger partial charge in [-0.15, -0.1) is 11.3 Å². The van der Waals surface area contributed by atoms with Crippen molar-refractivity contribution in [3.05, 3.63) is 20.3 Å². The number of hydrogen-bond acceptors (Lipinski definition) is 3. The first-order chi connectivity index (χ1) is 9.28. The van der Waals surface area contributed by atoms with E-state index in [0.29, 0.717) is 6.04 Å². The molecule has 0 spiro atoms. The van der Waals surface area contributed by atoms with Crippen LogP contribution in [0.4, 0.5) is 0 Å². The van der Waals surface area contributed by atoms with E-state index in [1.807, 2.05) is 11.3 Å². The molecular weight excluding hydrogens is 338 g/mol. The quantitative estimate of drug-likeness (QED) is 0.800. The molecule has 1 N–H and O–H groups in total. The van der Waals surface area contributed by atoms with Gasteiger partial charge >= 0.3 is 0 Å². The van der Waals surface area contributed by atoms with Crippen molar-refractivity contribution in [2.24, 2.45) is 0 Å². The Morgan fingerprint density at radius 3 is 2.95 bits per heavy atom. The van der Waals surface area contributed by atoms with E-state index in [1.165, 1.54) is 48.7 Å². The molecule has 3 unspecified atom stereocenters. The summed E-state index contributed by atoms with van der Waals surface area (Å²) in [5.74, 6) is 0. The van der Waals surface area contributed by atoms with Gasteiger partial charge < -0.3 is 5.32 Å².